The number of rotatable bonds is 4. The number of benzene rings is 1. The first-order valence-electron chi connectivity index (χ1n) is 7.89. The van der Waals surface area contributed by atoms with Gasteiger partial charge in [0.25, 0.3) is 0 Å². The van der Waals surface area contributed by atoms with Crippen molar-refractivity contribution in [3.05, 3.63) is 59.4 Å². The van der Waals surface area contributed by atoms with Crippen molar-refractivity contribution >= 4 is 5.65 Å². The summed E-state index contributed by atoms with van der Waals surface area (Å²) in [5.74, 6) is 0.543. The number of hydrogen-bond acceptors (Lipinski definition) is 2. The van der Waals surface area contributed by atoms with Gasteiger partial charge in [0.05, 0.1) is 11.4 Å². The van der Waals surface area contributed by atoms with Crippen molar-refractivity contribution in [3.63, 3.8) is 0 Å². The lowest BCUT2D eigenvalue weighted by Crippen LogP contribution is -2.04. The van der Waals surface area contributed by atoms with Gasteiger partial charge in [0, 0.05) is 17.7 Å². The Hall–Kier alpha value is -2.13. The fourth-order valence-electron chi connectivity index (χ4n) is 2.93. The van der Waals surface area contributed by atoms with Crippen LogP contribution in [0.3, 0.4) is 0 Å². The summed E-state index contributed by atoms with van der Waals surface area (Å²) in [6, 6.07) is 15.0. The lowest BCUT2D eigenvalue weighted by atomic mass is 10.00. The molecule has 0 saturated heterocycles. The molecule has 3 rings (SSSR count). The first-order valence-corrected chi connectivity index (χ1v) is 7.89. The Morgan fingerprint density at radius 3 is 2.45 bits per heavy atom. The van der Waals surface area contributed by atoms with Gasteiger partial charge in [-0.15, -0.1) is 0 Å². The zero-order chi connectivity index (χ0) is 15.7. The molecule has 2 aromatic heterocycles. The van der Waals surface area contributed by atoms with Crippen LogP contribution in [0.4, 0.5) is 0 Å². The van der Waals surface area contributed by atoms with Gasteiger partial charge >= 0.3 is 0 Å². The van der Waals surface area contributed by atoms with Crippen LogP contribution in [0.15, 0.2) is 42.5 Å². The molecule has 0 saturated carbocycles. The molecule has 0 aliphatic rings. The molecule has 2 heterocycles. The first kappa shape index (κ1) is 14.8. The van der Waals surface area contributed by atoms with Crippen molar-refractivity contribution in [2.24, 2.45) is 5.73 Å². The molecule has 3 nitrogen and oxygen atoms in total. The molecular weight excluding hydrogens is 270 g/mol. The van der Waals surface area contributed by atoms with E-state index >= 15 is 0 Å². The van der Waals surface area contributed by atoms with E-state index < -0.39 is 0 Å². The summed E-state index contributed by atoms with van der Waals surface area (Å²) >= 11 is 0. The molecule has 0 radical (unpaired) electrons. The van der Waals surface area contributed by atoms with E-state index in [-0.39, 0.29) is 0 Å². The van der Waals surface area contributed by atoms with Gasteiger partial charge in [0.2, 0.25) is 0 Å². The van der Waals surface area contributed by atoms with Gasteiger partial charge in [-0.1, -0.05) is 44.2 Å². The Morgan fingerprint density at radius 1 is 1.09 bits per heavy atom. The van der Waals surface area contributed by atoms with Crippen molar-refractivity contribution in [2.75, 3.05) is 6.54 Å². The Labute approximate surface area is 131 Å². The van der Waals surface area contributed by atoms with Gasteiger partial charge in [-0.25, -0.2) is 4.98 Å². The molecule has 0 unspecified atom stereocenters. The van der Waals surface area contributed by atoms with Crippen molar-refractivity contribution in [2.45, 2.75) is 33.1 Å². The predicted molar refractivity (Wildman–Crippen MR) is 92.2 cm³/mol. The minimum Gasteiger partial charge on any atom is -0.330 e. The molecule has 0 atom stereocenters. The van der Waals surface area contributed by atoms with Crippen LogP contribution in [0.25, 0.3) is 16.9 Å². The van der Waals surface area contributed by atoms with Gasteiger partial charge in [-0.05, 0) is 37.1 Å². The van der Waals surface area contributed by atoms with Crippen LogP contribution in [-0.4, -0.2) is 15.9 Å². The van der Waals surface area contributed by atoms with E-state index in [2.05, 4.69) is 67.6 Å². The molecule has 0 bridgehead atoms. The maximum absolute atomic E-state index is 5.78. The highest BCUT2D eigenvalue weighted by atomic mass is 15.0. The van der Waals surface area contributed by atoms with E-state index in [1.807, 2.05) is 0 Å². The number of aromatic nitrogens is 2. The second kappa shape index (κ2) is 5.93. The number of fused-ring (bicyclic) bond motifs is 1. The van der Waals surface area contributed by atoms with Crippen molar-refractivity contribution in [3.8, 4) is 11.3 Å². The fourth-order valence-corrected chi connectivity index (χ4v) is 2.93. The molecule has 0 aliphatic carbocycles. The van der Waals surface area contributed by atoms with Crippen LogP contribution in [-0.2, 0) is 6.42 Å². The number of imidazole rings is 1. The Kier molecular flexibility index (Phi) is 3.99. The van der Waals surface area contributed by atoms with Crippen LogP contribution < -0.4 is 5.73 Å². The van der Waals surface area contributed by atoms with Crippen molar-refractivity contribution in [1.82, 2.24) is 9.38 Å². The number of aryl methyl sites for hydroxylation is 1. The summed E-state index contributed by atoms with van der Waals surface area (Å²) in [5, 5.41) is 0. The minimum absolute atomic E-state index is 0.543. The minimum atomic E-state index is 0.543. The molecule has 0 spiro atoms. The second-order valence-electron chi connectivity index (χ2n) is 6.08. The Balaban J connectivity index is 2.21. The lowest BCUT2D eigenvalue weighted by molar-refractivity contribution is 0.866. The molecule has 22 heavy (non-hydrogen) atoms. The average Bonchev–Trinajstić information content (AvgIpc) is 2.87. The summed E-state index contributed by atoms with van der Waals surface area (Å²) in [6.07, 6.45) is 0.794. The summed E-state index contributed by atoms with van der Waals surface area (Å²) in [7, 11) is 0. The van der Waals surface area contributed by atoms with Crippen molar-refractivity contribution < 1.29 is 0 Å². The highest BCUT2D eigenvalue weighted by Gasteiger charge is 2.15. The smallest absolute Gasteiger partial charge is 0.137 e. The summed E-state index contributed by atoms with van der Waals surface area (Å²) < 4.78 is 2.23. The second-order valence-corrected chi connectivity index (χ2v) is 6.08. The highest BCUT2D eigenvalue weighted by Crippen LogP contribution is 2.28. The molecule has 0 amide bonds. The van der Waals surface area contributed by atoms with E-state index in [1.54, 1.807) is 0 Å². The summed E-state index contributed by atoms with van der Waals surface area (Å²) in [6.45, 7) is 7.16. The maximum Gasteiger partial charge on any atom is 0.137 e. The van der Waals surface area contributed by atoms with E-state index in [1.165, 1.54) is 22.5 Å². The summed E-state index contributed by atoms with van der Waals surface area (Å²) in [5.41, 5.74) is 12.8. The van der Waals surface area contributed by atoms with Gasteiger partial charge in [-0.3, -0.25) is 4.40 Å². The van der Waals surface area contributed by atoms with Gasteiger partial charge in [0.1, 0.15) is 5.65 Å². The molecule has 3 heteroatoms. The zero-order valence-corrected chi connectivity index (χ0v) is 13.5. The van der Waals surface area contributed by atoms with Crippen LogP contribution in [0.2, 0.25) is 0 Å². The van der Waals surface area contributed by atoms with Gasteiger partial charge < -0.3 is 5.73 Å². The molecule has 0 fully saturated rings. The van der Waals surface area contributed by atoms with E-state index in [9.17, 15) is 0 Å². The molecule has 3 aromatic rings. The quantitative estimate of drug-likeness (QED) is 0.792. The predicted octanol–water partition coefficient (Wildman–Crippen LogP) is 3.93. The van der Waals surface area contributed by atoms with E-state index in [0.717, 1.165) is 17.8 Å². The molecule has 0 aliphatic heterocycles. The number of nitrogens with zero attached hydrogens (tertiary/aromatic N) is 2. The van der Waals surface area contributed by atoms with E-state index in [0.29, 0.717) is 12.5 Å². The topological polar surface area (TPSA) is 43.3 Å². The third kappa shape index (κ3) is 2.53. The number of nitrogens with two attached hydrogens (primary N) is 1. The van der Waals surface area contributed by atoms with E-state index in [4.69, 9.17) is 10.7 Å². The Bertz CT molecular complexity index is 782. The van der Waals surface area contributed by atoms with Crippen LogP contribution in [0, 0.1) is 6.92 Å². The van der Waals surface area contributed by atoms with Crippen LogP contribution in [0.1, 0.15) is 36.7 Å². The maximum atomic E-state index is 5.78. The number of pyridine rings is 1. The standard InChI is InChI=1S/C19H23N3/c1-13(2)15-7-9-16(10-8-15)19-17(11-12-20)21-18-6-4-5-14(3)22(18)19/h4-10,13H,11-12,20H2,1-3H3. The fraction of sp³-hybridized carbons (Fsp3) is 0.316. The molecule has 114 valence electrons. The summed E-state index contributed by atoms with van der Waals surface area (Å²) in [4.78, 5) is 4.78. The number of hydrogen-bond donors (Lipinski definition) is 1. The van der Waals surface area contributed by atoms with Crippen LogP contribution >= 0.6 is 0 Å². The highest BCUT2D eigenvalue weighted by molar-refractivity contribution is 5.68. The Morgan fingerprint density at radius 2 is 1.82 bits per heavy atom. The third-order valence-corrected chi connectivity index (χ3v) is 4.14. The monoisotopic (exact) mass is 293 g/mol. The van der Waals surface area contributed by atoms with Crippen molar-refractivity contribution in [1.29, 1.82) is 0 Å². The molecule has 1 aromatic carbocycles. The average molecular weight is 293 g/mol. The SMILES string of the molecule is Cc1cccc2nc(CCN)c(-c3ccc(C(C)C)cc3)n12. The third-order valence-electron chi connectivity index (χ3n) is 4.14. The zero-order valence-electron chi connectivity index (χ0n) is 13.5. The molecular formula is C19H23N3. The molecule has 2 N–H and O–H groups in total. The normalized spacial score (nSPS) is 11.5. The van der Waals surface area contributed by atoms with Gasteiger partial charge in [-0.2, -0.15) is 0 Å². The lowest BCUT2D eigenvalue weighted by Gasteiger charge is -2.10. The largest absolute Gasteiger partial charge is 0.330 e. The van der Waals surface area contributed by atoms with Gasteiger partial charge in [0.15, 0.2) is 0 Å². The first-order chi connectivity index (χ1) is 10.6. The van der Waals surface area contributed by atoms with Crippen LogP contribution in [0.5, 0.6) is 0 Å².